The molecule has 1 rings (SSSR count). The molecule has 0 fully saturated rings. The Labute approximate surface area is 72.1 Å². The fourth-order valence-corrected chi connectivity index (χ4v) is 1.15. The standard InChI is InChI=1S/C8H9O3S/c1-2-12(9,10)11-8-6-4-3-5-7-8/h4-7H,2H2,1H3. The van der Waals surface area contributed by atoms with E-state index in [1.54, 1.807) is 24.3 Å². The Kier molecular flexibility index (Phi) is 2.70. The van der Waals surface area contributed by atoms with Crippen molar-refractivity contribution in [2.45, 2.75) is 6.92 Å². The molecule has 0 saturated carbocycles. The lowest BCUT2D eigenvalue weighted by molar-refractivity contribution is 0.487. The highest BCUT2D eigenvalue weighted by molar-refractivity contribution is 7.87. The van der Waals surface area contributed by atoms with Crippen molar-refractivity contribution in [1.82, 2.24) is 0 Å². The molecule has 0 heterocycles. The Morgan fingerprint density at radius 1 is 1.42 bits per heavy atom. The summed E-state index contributed by atoms with van der Waals surface area (Å²) in [7, 11) is -3.39. The topological polar surface area (TPSA) is 43.4 Å². The zero-order valence-corrected chi connectivity index (χ0v) is 7.47. The molecule has 12 heavy (non-hydrogen) atoms. The van der Waals surface area contributed by atoms with Crippen molar-refractivity contribution in [2.24, 2.45) is 0 Å². The van der Waals surface area contributed by atoms with Crippen molar-refractivity contribution in [3.63, 3.8) is 0 Å². The van der Waals surface area contributed by atoms with Crippen LogP contribution in [-0.2, 0) is 10.1 Å². The van der Waals surface area contributed by atoms with Crippen LogP contribution in [-0.4, -0.2) is 14.2 Å². The molecule has 0 aromatic heterocycles. The van der Waals surface area contributed by atoms with Crippen LogP contribution in [0.25, 0.3) is 0 Å². The van der Waals surface area contributed by atoms with Gasteiger partial charge in [0.2, 0.25) is 0 Å². The monoisotopic (exact) mass is 185 g/mol. The molecule has 0 spiro atoms. The minimum Gasteiger partial charge on any atom is -0.382 e. The van der Waals surface area contributed by atoms with Gasteiger partial charge < -0.3 is 4.18 Å². The van der Waals surface area contributed by atoms with E-state index in [9.17, 15) is 8.42 Å². The molecule has 1 aromatic rings. The first-order valence-corrected chi connectivity index (χ1v) is 5.10. The van der Waals surface area contributed by atoms with Crippen LogP contribution in [0, 0.1) is 6.07 Å². The molecule has 0 aliphatic rings. The molecule has 0 unspecified atom stereocenters. The van der Waals surface area contributed by atoms with Crippen LogP contribution in [0.5, 0.6) is 5.75 Å². The summed E-state index contributed by atoms with van der Waals surface area (Å²) < 4.78 is 26.6. The molecule has 0 N–H and O–H groups in total. The number of hydrogen-bond acceptors (Lipinski definition) is 3. The van der Waals surface area contributed by atoms with E-state index in [1.807, 2.05) is 0 Å². The molecular formula is C8H9O3S. The molecule has 0 aliphatic heterocycles. The summed E-state index contributed by atoms with van der Waals surface area (Å²) in [5.74, 6) is 0.307. The molecule has 1 radical (unpaired) electrons. The minimum atomic E-state index is -3.39. The summed E-state index contributed by atoms with van der Waals surface area (Å²) in [6.45, 7) is 1.53. The van der Waals surface area contributed by atoms with Gasteiger partial charge in [0.05, 0.1) is 5.75 Å². The van der Waals surface area contributed by atoms with Gasteiger partial charge in [-0.05, 0) is 25.1 Å². The van der Waals surface area contributed by atoms with E-state index in [0.717, 1.165) is 0 Å². The lowest BCUT2D eigenvalue weighted by Gasteiger charge is -2.02. The van der Waals surface area contributed by atoms with Crippen molar-refractivity contribution in [2.75, 3.05) is 5.75 Å². The molecule has 3 nitrogen and oxygen atoms in total. The largest absolute Gasteiger partial charge is 0.382 e. The van der Waals surface area contributed by atoms with E-state index in [4.69, 9.17) is 4.18 Å². The molecule has 1 aromatic carbocycles. The van der Waals surface area contributed by atoms with E-state index in [-0.39, 0.29) is 5.75 Å². The smallest absolute Gasteiger partial charge is 0.308 e. The second kappa shape index (κ2) is 3.58. The third-order valence-corrected chi connectivity index (χ3v) is 2.42. The van der Waals surface area contributed by atoms with Gasteiger partial charge in [-0.15, -0.1) is 0 Å². The Morgan fingerprint density at radius 2 is 2.00 bits per heavy atom. The van der Waals surface area contributed by atoms with Crippen LogP contribution >= 0.6 is 0 Å². The van der Waals surface area contributed by atoms with Gasteiger partial charge in [-0.25, -0.2) is 0 Å². The second-order valence-electron chi connectivity index (χ2n) is 2.17. The van der Waals surface area contributed by atoms with Crippen molar-refractivity contribution in [3.8, 4) is 5.75 Å². The van der Waals surface area contributed by atoms with E-state index in [2.05, 4.69) is 6.07 Å². The molecule has 65 valence electrons. The first-order valence-electron chi connectivity index (χ1n) is 3.52. The predicted molar refractivity (Wildman–Crippen MR) is 45.4 cm³/mol. The van der Waals surface area contributed by atoms with Crippen LogP contribution in [0.2, 0.25) is 0 Å². The number of hydrogen-bond donors (Lipinski definition) is 0. The lowest BCUT2D eigenvalue weighted by Crippen LogP contribution is -2.11. The van der Waals surface area contributed by atoms with Gasteiger partial charge in [0.1, 0.15) is 5.75 Å². The van der Waals surface area contributed by atoms with Crippen LogP contribution < -0.4 is 4.18 Å². The summed E-state index contributed by atoms with van der Waals surface area (Å²) >= 11 is 0. The van der Waals surface area contributed by atoms with Crippen LogP contribution in [0.4, 0.5) is 0 Å². The minimum absolute atomic E-state index is 0.0222. The fourth-order valence-electron chi connectivity index (χ4n) is 0.633. The lowest BCUT2D eigenvalue weighted by atomic mass is 10.3. The third-order valence-electron chi connectivity index (χ3n) is 1.26. The summed E-state index contributed by atoms with van der Waals surface area (Å²) in [6, 6.07) is 9.05. The van der Waals surface area contributed by atoms with Crippen molar-refractivity contribution >= 4 is 10.1 Å². The highest BCUT2D eigenvalue weighted by Gasteiger charge is 2.07. The van der Waals surface area contributed by atoms with Gasteiger partial charge in [-0.2, -0.15) is 8.42 Å². The van der Waals surface area contributed by atoms with Crippen LogP contribution in [0.1, 0.15) is 6.92 Å². The number of rotatable bonds is 3. The van der Waals surface area contributed by atoms with Gasteiger partial charge in [-0.1, -0.05) is 12.1 Å². The van der Waals surface area contributed by atoms with E-state index >= 15 is 0 Å². The Balaban J connectivity index is 2.78. The average Bonchev–Trinajstić information content (AvgIpc) is 2.06. The van der Waals surface area contributed by atoms with E-state index in [1.165, 1.54) is 6.92 Å². The first-order chi connectivity index (χ1) is 5.64. The maximum absolute atomic E-state index is 10.9. The maximum atomic E-state index is 10.9. The Morgan fingerprint density at radius 3 is 2.50 bits per heavy atom. The van der Waals surface area contributed by atoms with Crippen molar-refractivity contribution < 1.29 is 12.6 Å². The molecule has 0 bridgehead atoms. The normalized spacial score (nSPS) is 11.1. The predicted octanol–water partition coefficient (Wildman–Crippen LogP) is 1.22. The van der Waals surface area contributed by atoms with Gasteiger partial charge in [-0.3, -0.25) is 0 Å². The highest BCUT2D eigenvalue weighted by atomic mass is 32.2. The highest BCUT2D eigenvalue weighted by Crippen LogP contribution is 2.10. The van der Waals surface area contributed by atoms with Crippen molar-refractivity contribution in [3.05, 3.63) is 30.3 Å². The zero-order chi connectivity index (χ0) is 9.03. The molecule has 4 heteroatoms. The SMILES string of the molecule is CCS(=O)(=O)Oc1cc[c]cc1. The van der Waals surface area contributed by atoms with Gasteiger partial charge in [0.15, 0.2) is 0 Å². The quantitative estimate of drug-likeness (QED) is 0.665. The third kappa shape index (κ3) is 2.54. The van der Waals surface area contributed by atoms with Crippen LogP contribution in [0.15, 0.2) is 24.3 Å². The average molecular weight is 185 g/mol. The second-order valence-corrected chi connectivity index (χ2v) is 4.02. The Hall–Kier alpha value is -1.03. The zero-order valence-electron chi connectivity index (χ0n) is 6.65. The summed E-state index contributed by atoms with van der Waals surface area (Å²) in [5, 5.41) is 0. The molecular weight excluding hydrogens is 176 g/mol. The van der Waals surface area contributed by atoms with E-state index < -0.39 is 10.1 Å². The van der Waals surface area contributed by atoms with Gasteiger partial charge in [0.25, 0.3) is 0 Å². The van der Waals surface area contributed by atoms with E-state index in [0.29, 0.717) is 5.75 Å². The maximum Gasteiger partial charge on any atom is 0.308 e. The molecule has 0 aliphatic carbocycles. The fraction of sp³-hybridized carbons (Fsp3) is 0.250. The summed E-state index contributed by atoms with van der Waals surface area (Å²) in [5.41, 5.74) is 0. The number of benzene rings is 1. The Bertz CT molecular complexity index is 329. The summed E-state index contributed by atoms with van der Waals surface area (Å²) in [6.07, 6.45) is 0. The summed E-state index contributed by atoms with van der Waals surface area (Å²) in [4.78, 5) is 0. The van der Waals surface area contributed by atoms with Crippen LogP contribution in [0.3, 0.4) is 0 Å². The van der Waals surface area contributed by atoms with Gasteiger partial charge >= 0.3 is 10.1 Å². The van der Waals surface area contributed by atoms with Gasteiger partial charge in [0, 0.05) is 0 Å². The molecule has 0 amide bonds. The molecule has 0 atom stereocenters. The van der Waals surface area contributed by atoms with Crippen molar-refractivity contribution in [1.29, 1.82) is 0 Å². The molecule has 0 saturated heterocycles. The first kappa shape index (κ1) is 9.06.